The standard InChI is InChI=1S/C46H34N3O.C15H18NSi.Ir/c1-46(2,3)40-28-47-29-41-43(40)49(36-24-21-33(22-25-36)31-13-8-5-9-14-31)45(48-41)39-16-10-15-38-37-26-23-35(27-42(37)50-44(38)39)34-19-17-32(18-20-34)30-11-6-4-7-12-30;1-12-5-7-13(8-6-12)15-10-9-14(11-16-15)17(2,3)4;/h4-15,17-29H,1-3H3;5-7,9-11H,1-4H3;/q2*-1;/i;1D3;. The SMILES string of the molecule is CC(C)(C)c1cncc2nc(-c3[c-]ccc4c3oc3cc(-c5ccc(-c6ccccc6)cc5)ccc34)n(-c3ccc(-c4ccccc4)cc3)c12.[2H]C([2H])([2H])c1c[c-]c(-c2ccc([Si](C)(C)C)cn2)cc1.[Ir]. The molecule has 0 aliphatic rings. The van der Waals surface area contributed by atoms with E-state index in [0.29, 0.717) is 5.56 Å². The van der Waals surface area contributed by atoms with Crippen molar-refractivity contribution in [2.45, 2.75) is 52.7 Å². The van der Waals surface area contributed by atoms with E-state index in [0.717, 1.165) is 83.6 Å². The Hall–Kier alpha value is -7.02. The Balaban J connectivity index is 0.000000251. The third-order valence-electron chi connectivity index (χ3n) is 12.3. The van der Waals surface area contributed by atoms with Gasteiger partial charge in [-0.25, -0.2) is 0 Å². The second kappa shape index (κ2) is 18.9. The van der Waals surface area contributed by atoms with Gasteiger partial charge in [0.1, 0.15) is 5.58 Å². The molecule has 11 aromatic rings. The normalized spacial score (nSPS) is 12.5. The molecule has 0 unspecified atom stereocenters. The molecule has 4 heterocycles. The summed E-state index contributed by atoms with van der Waals surface area (Å²) in [6.45, 7) is 11.4. The molecular weight excluding hydrogens is 1030 g/mol. The monoisotopic (exact) mass is 1080 g/mol. The molecule has 0 aliphatic heterocycles. The van der Waals surface area contributed by atoms with Crippen molar-refractivity contribution in [3.05, 3.63) is 212 Å². The van der Waals surface area contributed by atoms with Crippen LogP contribution in [0, 0.1) is 19.0 Å². The maximum Gasteiger partial charge on any atom is 0.121 e. The summed E-state index contributed by atoms with van der Waals surface area (Å²) in [6.07, 6.45) is 5.76. The molecule has 0 spiro atoms. The Morgan fingerprint density at radius 3 is 1.85 bits per heavy atom. The van der Waals surface area contributed by atoms with Gasteiger partial charge in [-0.15, -0.1) is 53.6 Å². The summed E-state index contributed by atoms with van der Waals surface area (Å²) in [5, 5.41) is 3.40. The Morgan fingerprint density at radius 1 is 0.632 bits per heavy atom. The van der Waals surface area contributed by atoms with Crippen molar-refractivity contribution in [3.63, 3.8) is 0 Å². The molecule has 68 heavy (non-hydrogen) atoms. The van der Waals surface area contributed by atoms with Crippen molar-refractivity contribution in [3.8, 4) is 61.7 Å². The molecule has 0 N–H and O–H groups in total. The second-order valence-corrected chi connectivity index (χ2v) is 24.1. The zero-order valence-corrected chi connectivity index (χ0v) is 42.3. The van der Waals surface area contributed by atoms with E-state index < -0.39 is 14.9 Å². The fourth-order valence-corrected chi connectivity index (χ4v) is 9.62. The van der Waals surface area contributed by atoms with E-state index in [2.05, 4.69) is 194 Å². The van der Waals surface area contributed by atoms with Crippen LogP contribution < -0.4 is 5.19 Å². The number of fused-ring (bicyclic) bond motifs is 4. The maximum atomic E-state index is 7.35. The fraction of sp³-hybridized carbons (Fsp3) is 0.131. The van der Waals surface area contributed by atoms with Crippen molar-refractivity contribution in [1.82, 2.24) is 19.5 Å². The number of rotatable bonds is 7. The van der Waals surface area contributed by atoms with Crippen LogP contribution >= 0.6 is 0 Å². The number of nitrogens with zero attached hydrogens (tertiary/aromatic N) is 4. The molecule has 0 amide bonds. The Kier molecular flexibility index (Phi) is 11.8. The van der Waals surface area contributed by atoms with Gasteiger partial charge in [-0.3, -0.25) is 9.97 Å². The van der Waals surface area contributed by atoms with Crippen molar-refractivity contribution in [1.29, 1.82) is 0 Å². The van der Waals surface area contributed by atoms with E-state index in [4.69, 9.17) is 13.5 Å². The van der Waals surface area contributed by atoms with Crippen molar-refractivity contribution < 1.29 is 28.6 Å². The number of imidazole rings is 1. The second-order valence-electron chi connectivity index (χ2n) is 19.0. The Bertz CT molecular complexity index is 3560. The van der Waals surface area contributed by atoms with Gasteiger partial charge < -0.3 is 14.0 Å². The first-order valence-electron chi connectivity index (χ1n) is 24.2. The molecule has 7 aromatic carbocycles. The summed E-state index contributed by atoms with van der Waals surface area (Å²) in [4.78, 5) is 14.3. The summed E-state index contributed by atoms with van der Waals surface area (Å²) in [5.74, 6) is 0.771. The molecule has 5 nitrogen and oxygen atoms in total. The average Bonchev–Trinajstić information content (AvgIpc) is 3.95. The number of pyridine rings is 2. The molecule has 4 aromatic heterocycles. The van der Waals surface area contributed by atoms with Crippen LogP contribution in [0.3, 0.4) is 0 Å². The summed E-state index contributed by atoms with van der Waals surface area (Å²) in [5.41, 5.74) is 15.2. The van der Waals surface area contributed by atoms with Gasteiger partial charge in [0.05, 0.1) is 36.7 Å². The number of hydrogen-bond acceptors (Lipinski definition) is 4. The molecule has 0 fully saturated rings. The van der Waals surface area contributed by atoms with Crippen LogP contribution in [0.2, 0.25) is 19.6 Å². The first-order chi connectivity index (χ1) is 33.6. The maximum absolute atomic E-state index is 7.35. The predicted octanol–water partition coefficient (Wildman–Crippen LogP) is 15.5. The average molecular weight is 1080 g/mol. The van der Waals surface area contributed by atoms with Crippen molar-refractivity contribution in [2.75, 3.05) is 0 Å². The first-order valence-corrected chi connectivity index (χ1v) is 26.2. The summed E-state index contributed by atoms with van der Waals surface area (Å²) in [6, 6.07) is 64.4. The van der Waals surface area contributed by atoms with Gasteiger partial charge in [0.15, 0.2) is 0 Å². The fourth-order valence-electron chi connectivity index (χ4n) is 8.58. The van der Waals surface area contributed by atoms with Crippen LogP contribution in [0.25, 0.3) is 94.7 Å². The molecule has 0 bridgehead atoms. The van der Waals surface area contributed by atoms with Crippen LogP contribution in [0.4, 0.5) is 0 Å². The molecule has 0 aliphatic carbocycles. The van der Waals surface area contributed by atoms with E-state index in [1.54, 1.807) is 12.1 Å². The molecule has 337 valence electrons. The molecule has 1 radical (unpaired) electrons. The molecular formula is C61H52IrN4OSi-2. The molecule has 0 saturated heterocycles. The minimum atomic E-state index is -2.08. The van der Waals surface area contributed by atoms with Gasteiger partial charge in [0.25, 0.3) is 0 Å². The van der Waals surface area contributed by atoms with E-state index in [1.807, 2.05) is 42.9 Å². The third kappa shape index (κ3) is 9.30. The van der Waals surface area contributed by atoms with Crippen molar-refractivity contribution >= 4 is 46.2 Å². The number of aromatic nitrogens is 4. The zero-order chi connectivity index (χ0) is 48.8. The number of benzene rings is 7. The Labute approximate surface area is 418 Å². The largest absolute Gasteiger partial charge is 0.501 e. The van der Waals surface area contributed by atoms with Gasteiger partial charge in [-0.05, 0) is 67.9 Å². The quantitative estimate of drug-likeness (QED) is 0.118. The predicted molar refractivity (Wildman–Crippen MR) is 282 cm³/mol. The third-order valence-corrected chi connectivity index (χ3v) is 14.3. The van der Waals surface area contributed by atoms with Crippen LogP contribution in [-0.4, -0.2) is 27.6 Å². The number of aryl methyl sites for hydroxylation is 1. The molecule has 7 heteroatoms. The van der Waals surface area contributed by atoms with E-state index in [9.17, 15) is 0 Å². The van der Waals surface area contributed by atoms with Gasteiger partial charge in [-0.1, -0.05) is 180 Å². The zero-order valence-electron chi connectivity index (χ0n) is 41.9. The summed E-state index contributed by atoms with van der Waals surface area (Å²) in [7, 11) is -1.34. The smallest absolute Gasteiger partial charge is 0.121 e. The first kappa shape index (κ1) is 42.3. The van der Waals surface area contributed by atoms with Crippen LogP contribution in [-0.2, 0) is 25.5 Å². The molecule has 0 saturated carbocycles. The van der Waals surface area contributed by atoms with Crippen molar-refractivity contribution in [2.24, 2.45) is 0 Å². The number of furan rings is 1. The number of hydrogen-bond donors (Lipinski definition) is 0. The van der Waals surface area contributed by atoms with Crippen LogP contribution in [0.15, 0.2) is 193 Å². The molecule has 11 rings (SSSR count). The minimum absolute atomic E-state index is 0. The van der Waals surface area contributed by atoms with E-state index >= 15 is 0 Å². The summed E-state index contributed by atoms with van der Waals surface area (Å²) < 4.78 is 31.1. The van der Waals surface area contributed by atoms with Gasteiger partial charge in [-0.2, -0.15) is 0 Å². The van der Waals surface area contributed by atoms with Crippen LogP contribution in [0.5, 0.6) is 0 Å². The van der Waals surface area contributed by atoms with Gasteiger partial charge in [0, 0.05) is 53.2 Å². The molecule has 0 atom stereocenters. The summed E-state index contributed by atoms with van der Waals surface area (Å²) >= 11 is 0. The van der Waals surface area contributed by atoms with E-state index in [1.165, 1.54) is 27.9 Å². The van der Waals surface area contributed by atoms with Gasteiger partial charge in [0.2, 0.25) is 0 Å². The topological polar surface area (TPSA) is 56.7 Å². The van der Waals surface area contributed by atoms with Crippen LogP contribution in [0.1, 0.15) is 36.0 Å². The minimum Gasteiger partial charge on any atom is -0.501 e. The van der Waals surface area contributed by atoms with Gasteiger partial charge >= 0.3 is 0 Å². The Morgan fingerprint density at radius 2 is 1.26 bits per heavy atom. The van der Waals surface area contributed by atoms with E-state index in [-0.39, 0.29) is 25.5 Å².